The number of pyridine rings is 1. The van der Waals surface area contributed by atoms with Gasteiger partial charge in [0, 0.05) is 17.7 Å². The zero-order valence-corrected chi connectivity index (χ0v) is 9.94. The van der Waals surface area contributed by atoms with E-state index in [4.69, 9.17) is 0 Å². The number of aromatic nitrogens is 1. The SMILES string of the molecule is BrCCc1cccc(-c2cccnc2)c1. The van der Waals surface area contributed by atoms with Gasteiger partial charge in [-0.05, 0) is 29.2 Å². The second kappa shape index (κ2) is 5.08. The number of rotatable bonds is 3. The maximum absolute atomic E-state index is 4.13. The molecule has 2 aromatic rings. The molecule has 0 aliphatic carbocycles. The van der Waals surface area contributed by atoms with Crippen molar-refractivity contribution >= 4 is 15.9 Å². The van der Waals surface area contributed by atoms with Crippen LogP contribution in [0.15, 0.2) is 48.8 Å². The summed E-state index contributed by atoms with van der Waals surface area (Å²) in [5.41, 5.74) is 3.77. The van der Waals surface area contributed by atoms with Crippen molar-refractivity contribution in [2.45, 2.75) is 6.42 Å². The van der Waals surface area contributed by atoms with Crippen LogP contribution in [0.25, 0.3) is 11.1 Å². The lowest BCUT2D eigenvalue weighted by Gasteiger charge is -2.03. The summed E-state index contributed by atoms with van der Waals surface area (Å²) in [4.78, 5) is 4.13. The normalized spacial score (nSPS) is 10.2. The molecule has 0 radical (unpaired) electrons. The quantitative estimate of drug-likeness (QED) is 0.769. The van der Waals surface area contributed by atoms with Gasteiger partial charge in [0.1, 0.15) is 0 Å². The van der Waals surface area contributed by atoms with E-state index in [1.807, 2.05) is 12.3 Å². The van der Waals surface area contributed by atoms with Crippen LogP contribution in [0.1, 0.15) is 5.56 Å². The van der Waals surface area contributed by atoms with Crippen molar-refractivity contribution in [1.82, 2.24) is 4.98 Å². The molecule has 1 heterocycles. The van der Waals surface area contributed by atoms with Gasteiger partial charge in [0.25, 0.3) is 0 Å². The van der Waals surface area contributed by atoms with Crippen molar-refractivity contribution in [2.24, 2.45) is 0 Å². The van der Waals surface area contributed by atoms with Crippen molar-refractivity contribution < 1.29 is 0 Å². The first-order chi connectivity index (χ1) is 7.40. The summed E-state index contributed by atoms with van der Waals surface area (Å²) in [5, 5.41) is 1.00. The van der Waals surface area contributed by atoms with Crippen LogP contribution in [0.5, 0.6) is 0 Å². The first kappa shape index (κ1) is 10.4. The van der Waals surface area contributed by atoms with Crippen LogP contribution >= 0.6 is 15.9 Å². The predicted octanol–water partition coefficient (Wildman–Crippen LogP) is 3.69. The lowest BCUT2D eigenvalue weighted by atomic mass is 10.0. The highest BCUT2D eigenvalue weighted by molar-refractivity contribution is 9.09. The highest BCUT2D eigenvalue weighted by atomic mass is 79.9. The Kier molecular flexibility index (Phi) is 3.51. The molecular formula is C13H12BrN. The molecule has 0 aliphatic rings. The Labute approximate surface area is 98.3 Å². The van der Waals surface area contributed by atoms with E-state index < -0.39 is 0 Å². The molecule has 0 amide bonds. The minimum Gasteiger partial charge on any atom is -0.264 e. The second-order valence-electron chi connectivity index (χ2n) is 3.38. The number of aryl methyl sites for hydroxylation is 1. The topological polar surface area (TPSA) is 12.9 Å². The fourth-order valence-corrected chi connectivity index (χ4v) is 2.01. The van der Waals surface area contributed by atoms with E-state index in [-0.39, 0.29) is 0 Å². The largest absolute Gasteiger partial charge is 0.264 e. The molecule has 2 heteroatoms. The molecule has 1 aromatic carbocycles. The van der Waals surface area contributed by atoms with Crippen LogP contribution in [0, 0.1) is 0 Å². The molecule has 76 valence electrons. The maximum atomic E-state index is 4.13. The van der Waals surface area contributed by atoms with Gasteiger partial charge in [-0.15, -0.1) is 0 Å². The number of alkyl halides is 1. The monoisotopic (exact) mass is 261 g/mol. The van der Waals surface area contributed by atoms with Gasteiger partial charge >= 0.3 is 0 Å². The van der Waals surface area contributed by atoms with E-state index in [0.29, 0.717) is 0 Å². The molecule has 1 aromatic heterocycles. The number of hydrogen-bond donors (Lipinski definition) is 0. The first-order valence-electron chi connectivity index (χ1n) is 4.95. The summed E-state index contributed by atoms with van der Waals surface area (Å²) < 4.78 is 0. The molecule has 0 N–H and O–H groups in total. The highest BCUT2D eigenvalue weighted by Gasteiger charge is 1.98. The van der Waals surface area contributed by atoms with Gasteiger partial charge in [-0.25, -0.2) is 0 Å². The number of nitrogens with zero attached hydrogens (tertiary/aromatic N) is 1. The zero-order valence-electron chi connectivity index (χ0n) is 8.36. The van der Waals surface area contributed by atoms with Crippen LogP contribution in [0.2, 0.25) is 0 Å². The van der Waals surface area contributed by atoms with Crippen LogP contribution in [0.3, 0.4) is 0 Å². The van der Waals surface area contributed by atoms with Crippen molar-refractivity contribution in [3.63, 3.8) is 0 Å². The van der Waals surface area contributed by atoms with Gasteiger partial charge in [-0.3, -0.25) is 4.98 Å². The molecule has 0 saturated heterocycles. The van der Waals surface area contributed by atoms with E-state index >= 15 is 0 Å². The Hall–Kier alpha value is -1.15. The van der Waals surface area contributed by atoms with Crippen molar-refractivity contribution in [2.75, 3.05) is 5.33 Å². The van der Waals surface area contributed by atoms with Crippen LogP contribution in [-0.2, 0) is 6.42 Å². The lowest BCUT2D eigenvalue weighted by Crippen LogP contribution is -1.86. The van der Waals surface area contributed by atoms with Gasteiger partial charge in [0.15, 0.2) is 0 Å². The molecule has 0 aliphatic heterocycles. The van der Waals surface area contributed by atoms with Crippen molar-refractivity contribution in [1.29, 1.82) is 0 Å². The van der Waals surface area contributed by atoms with E-state index in [1.54, 1.807) is 6.20 Å². The highest BCUT2D eigenvalue weighted by Crippen LogP contribution is 2.19. The molecule has 0 bridgehead atoms. The molecule has 0 spiro atoms. The lowest BCUT2D eigenvalue weighted by molar-refractivity contribution is 1.17. The number of benzene rings is 1. The van der Waals surface area contributed by atoms with Gasteiger partial charge in [-0.2, -0.15) is 0 Å². The molecule has 0 atom stereocenters. The van der Waals surface area contributed by atoms with Crippen molar-refractivity contribution in [3.8, 4) is 11.1 Å². The summed E-state index contributed by atoms with van der Waals surface area (Å²) in [6.45, 7) is 0. The second-order valence-corrected chi connectivity index (χ2v) is 4.17. The molecule has 15 heavy (non-hydrogen) atoms. The van der Waals surface area contributed by atoms with Gasteiger partial charge < -0.3 is 0 Å². The molecule has 2 rings (SSSR count). The third-order valence-corrected chi connectivity index (χ3v) is 2.70. The summed E-state index contributed by atoms with van der Waals surface area (Å²) in [6, 6.07) is 12.6. The fourth-order valence-electron chi connectivity index (χ4n) is 1.55. The molecule has 0 fully saturated rings. The minimum atomic E-state index is 1.00. The maximum Gasteiger partial charge on any atom is 0.0346 e. The third-order valence-electron chi connectivity index (χ3n) is 2.31. The fraction of sp³-hybridized carbons (Fsp3) is 0.154. The van der Waals surface area contributed by atoms with E-state index in [1.165, 1.54) is 16.7 Å². The van der Waals surface area contributed by atoms with Crippen LogP contribution in [0.4, 0.5) is 0 Å². The van der Waals surface area contributed by atoms with E-state index in [2.05, 4.69) is 51.2 Å². The minimum absolute atomic E-state index is 1.00. The van der Waals surface area contributed by atoms with Gasteiger partial charge in [0.05, 0.1) is 0 Å². The third kappa shape index (κ3) is 2.66. The van der Waals surface area contributed by atoms with E-state index in [0.717, 1.165) is 11.8 Å². The molecular weight excluding hydrogens is 250 g/mol. The van der Waals surface area contributed by atoms with Crippen molar-refractivity contribution in [3.05, 3.63) is 54.4 Å². The summed E-state index contributed by atoms with van der Waals surface area (Å²) in [6.07, 6.45) is 4.76. The predicted molar refractivity (Wildman–Crippen MR) is 67.2 cm³/mol. The molecule has 0 saturated carbocycles. The first-order valence-corrected chi connectivity index (χ1v) is 6.07. The number of hydrogen-bond acceptors (Lipinski definition) is 1. The summed E-state index contributed by atoms with van der Waals surface area (Å²) in [5.74, 6) is 0. The Morgan fingerprint density at radius 1 is 1.07 bits per heavy atom. The Morgan fingerprint density at radius 2 is 1.93 bits per heavy atom. The van der Waals surface area contributed by atoms with Crippen LogP contribution in [-0.4, -0.2) is 10.3 Å². The Bertz CT molecular complexity index is 426. The average Bonchev–Trinajstić information content (AvgIpc) is 2.31. The standard InChI is InChI=1S/C13H12BrN/c14-7-6-11-3-1-4-12(9-11)13-5-2-8-15-10-13/h1-5,8-10H,6-7H2. The van der Waals surface area contributed by atoms with Crippen LogP contribution < -0.4 is 0 Å². The number of halogens is 1. The Morgan fingerprint density at radius 3 is 2.67 bits per heavy atom. The zero-order chi connectivity index (χ0) is 10.5. The summed E-state index contributed by atoms with van der Waals surface area (Å²) in [7, 11) is 0. The van der Waals surface area contributed by atoms with E-state index in [9.17, 15) is 0 Å². The smallest absolute Gasteiger partial charge is 0.0346 e. The summed E-state index contributed by atoms with van der Waals surface area (Å²) >= 11 is 3.45. The Balaban J connectivity index is 2.33. The molecule has 1 nitrogen and oxygen atoms in total. The van der Waals surface area contributed by atoms with Gasteiger partial charge in [0.2, 0.25) is 0 Å². The average molecular weight is 262 g/mol. The van der Waals surface area contributed by atoms with Gasteiger partial charge in [-0.1, -0.05) is 46.3 Å². The molecule has 0 unspecified atom stereocenters.